The molecule has 2 heteroatoms. The minimum Gasteiger partial charge on any atom is -0.309 e. The average molecular weight is 953 g/mol. The van der Waals surface area contributed by atoms with Gasteiger partial charge in [0, 0.05) is 32.9 Å². The number of hydrogen-bond donors (Lipinski definition) is 0. The molecule has 75 heavy (non-hydrogen) atoms. The van der Waals surface area contributed by atoms with E-state index in [1.807, 2.05) is 0 Å². The van der Waals surface area contributed by atoms with E-state index >= 15 is 0 Å². The van der Waals surface area contributed by atoms with Crippen molar-refractivity contribution in [2.75, 3.05) is 0 Å². The quantitative estimate of drug-likeness (QED) is 0.144. The summed E-state index contributed by atoms with van der Waals surface area (Å²) in [6.45, 7) is 0. The van der Waals surface area contributed by atoms with Crippen LogP contribution in [0.4, 0.5) is 0 Å². The van der Waals surface area contributed by atoms with E-state index in [-0.39, 0.29) is 0 Å². The summed E-state index contributed by atoms with van der Waals surface area (Å²) >= 11 is 0. The van der Waals surface area contributed by atoms with Gasteiger partial charge >= 0.3 is 0 Å². The molecule has 2 heterocycles. The maximum absolute atomic E-state index is 2.42. The van der Waals surface area contributed by atoms with Gasteiger partial charge in [-0.25, -0.2) is 0 Å². The van der Waals surface area contributed by atoms with E-state index in [4.69, 9.17) is 0 Å². The van der Waals surface area contributed by atoms with Crippen molar-refractivity contribution >= 4 is 43.6 Å². The van der Waals surface area contributed by atoms with Crippen LogP contribution in [0.15, 0.2) is 291 Å². The van der Waals surface area contributed by atoms with Crippen molar-refractivity contribution in [1.82, 2.24) is 9.13 Å². The predicted octanol–water partition coefficient (Wildman–Crippen LogP) is 18.9. The predicted molar refractivity (Wildman–Crippen MR) is 314 cm³/mol. The fraction of sp³-hybridized carbons (Fsp3) is 0.0137. The average Bonchev–Trinajstić information content (AvgIpc) is 4.19. The Morgan fingerprint density at radius 1 is 0.213 bits per heavy atom. The molecule has 12 aromatic carbocycles. The van der Waals surface area contributed by atoms with Gasteiger partial charge in [0.05, 0.1) is 27.5 Å². The number of para-hydroxylation sites is 3. The molecule has 1 aliphatic rings. The second-order valence-electron chi connectivity index (χ2n) is 20.0. The lowest BCUT2D eigenvalue weighted by Gasteiger charge is -2.34. The van der Waals surface area contributed by atoms with Gasteiger partial charge in [-0.1, -0.05) is 224 Å². The molecule has 0 saturated carbocycles. The van der Waals surface area contributed by atoms with E-state index in [0.717, 1.165) is 5.69 Å². The van der Waals surface area contributed by atoms with Crippen LogP contribution in [-0.2, 0) is 5.41 Å². The van der Waals surface area contributed by atoms with Gasteiger partial charge < -0.3 is 9.13 Å². The van der Waals surface area contributed by atoms with Crippen LogP contribution in [-0.4, -0.2) is 9.13 Å². The van der Waals surface area contributed by atoms with Gasteiger partial charge in [-0.2, -0.15) is 0 Å². The zero-order valence-corrected chi connectivity index (χ0v) is 41.1. The van der Waals surface area contributed by atoms with Gasteiger partial charge in [-0.15, -0.1) is 0 Å². The van der Waals surface area contributed by atoms with Crippen molar-refractivity contribution in [2.24, 2.45) is 0 Å². The van der Waals surface area contributed by atoms with Crippen LogP contribution in [0, 0.1) is 0 Å². The molecular weight excluding hydrogens is 905 g/mol. The maximum Gasteiger partial charge on any atom is 0.0713 e. The van der Waals surface area contributed by atoms with Crippen LogP contribution in [0.2, 0.25) is 0 Å². The Kier molecular flexibility index (Phi) is 9.83. The molecule has 0 saturated heterocycles. The summed E-state index contributed by atoms with van der Waals surface area (Å²) in [6.07, 6.45) is 0. The zero-order chi connectivity index (χ0) is 49.5. The van der Waals surface area contributed by atoms with Crippen LogP contribution in [0.5, 0.6) is 0 Å². The Bertz CT molecular complexity index is 4450. The Morgan fingerprint density at radius 3 is 1.15 bits per heavy atom. The topological polar surface area (TPSA) is 9.86 Å². The van der Waals surface area contributed by atoms with Crippen LogP contribution >= 0.6 is 0 Å². The lowest BCUT2D eigenvalue weighted by atomic mass is 9.67. The molecule has 1 aliphatic carbocycles. The van der Waals surface area contributed by atoms with E-state index in [2.05, 4.69) is 300 Å². The molecule has 0 amide bonds. The number of fused-ring (bicyclic) bond motifs is 9. The second kappa shape index (κ2) is 17.2. The van der Waals surface area contributed by atoms with Crippen molar-refractivity contribution in [1.29, 1.82) is 0 Å². The summed E-state index contributed by atoms with van der Waals surface area (Å²) in [5.41, 5.74) is 24.1. The fourth-order valence-corrected chi connectivity index (χ4v) is 12.6. The first-order chi connectivity index (χ1) is 37.2. The highest BCUT2D eigenvalue weighted by atomic mass is 15.0. The summed E-state index contributed by atoms with van der Waals surface area (Å²) in [7, 11) is 0. The normalized spacial score (nSPS) is 12.6. The molecule has 0 spiro atoms. The Labute approximate surface area is 436 Å². The third kappa shape index (κ3) is 6.73. The van der Waals surface area contributed by atoms with Gasteiger partial charge in [0.1, 0.15) is 0 Å². The lowest BCUT2D eigenvalue weighted by molar-refractivity contribution is 0.769. The number of nitrogens with zero attached hydrogens (tertiary/aromatic N) is 2. The van der Waals surface area contributed by atoms with Crippen LogP contribution in [0.3, 0.4) is 0 Å². The Hall–Kier alpha value is -9.76. The van der Waals surface area contributed by atoms with Crippen molar-refractivity contribution in [2.45, 2.75) is 5.41 Å². The third-order valence-electron chi connectivity index (χ3n) is 16.0. The van der Waals surface area contributed by atoms with E-state index in [9.17, 15) is 0 Å². The lowest BCUT2D eigenvalue weighted by Crippen LogP contribution is -2.28. The van der Waals surface area contributed by atoms with E-state index < -0.39 is 5.41 Å². The molecule has 0 unspecified atom stereocenters. The first kappa shape index (κ1) is 42.9. The largest absolute Gasteiger partial charge is 0.309 e. The summed E-state index contributed by atoms with van der Waals surface area (Å²) in [6, 6.07) is 107. The molecule has 15 rings (SSSR count). The van der Waals surface area contributed by atoms with Gasteiger partial charge in [0.2, 0.25) is 0 Å². The summed E-state index contributed by atoms with van der Waals surface area (Å²) in [5.74, 6) is 0. The molecule has 2 aromatic heterocycles. The zero-order valence-electron chi connectivity index (χ0n) is 41.1. The number of hydrogen-bond acceptors (Lipinski definition) is 0. The summed E-state index contributed by atoms with van der Waals surface area (Å²) < 4.78 is 4.80. The van der Waals surface area contributed by atoms with Crippen LogP contribution in [0.1, 0.15) is 22.3 Å². The first-order valence-electron chi connectivity index (χ1n) is 26.0. The highest BCUT2D eigenvalue weighted by molar-refractivity contribution is 6.13. The SMILES string of the molecule is c1ccc(-n2c3ccccc3c3cc(-c4ccc5c(c4)c4ccccc4n5-c4cccc(-c5ccc(-c6ccc(-c7cccc(C8(c9ccccc9)c9ccccc9-c9ccccc98)c7)cc6)cc5)c4)ccc32)cc1. The fourth-order valence-electron chi connectivity index (χ4n) is 12.6. The van der Waals surface area contributed by atoms with Gasteiger partial charge in [0.15, 0.2) is 0 Å². The van der Waals surface area contributed by atoms with Gasteiger partial charge in [-0.05, 0) is 145 Å². The molecule has 350 valence electrons. The third-order valence-corrected chi connectivity index (χ3v) is 16.0. The van der Waals surface area contributed by atoms with Crippen LogP contribution < -0.4 is 0 Å². The standard InChI is InChI=1S/C73H48N2/c1-3-19-57(20-4-1)73(67-29-11-7-25-61(67)62-26-8-12-30-68(62)73)58-21-15-17-53(45-58)51-37-33-49(34-38-51)50-35-39-52(40-36-50)54-18-16-24-60(46-54)75-70-32-14-10-28-64(70)66-48-56(42-44-72(66)75)55-41-43-71-65(47-55)63-27-9-13-31-69(63)74(71)59-22-5-2-6-23-59/h1-48H. The Balaban J connectivity index is 0.734. The van der Waals surface area contributed by atoms with Crippen LogP contribution in [0.25, 0.3) is 111 Å². The van der Waals surface area contributed by atoms with Gasteiger partial charge in [0.25, 0.3) is 0 Å². The highest BCUT2D eigenvalue weighted by Crippen LogP contribution is 2.56. The van der Waals surface area contributed by atoms with Crippen molar-refractivity contribution < 1.29 is 0 Å². The molecule has 0 bridgehead atoms. The van der Waals surface area contributed by atoms with Crippen molar-refractivity contribution in [3.63, 3.8) is 0 Å². The smallest absolute Gasteiger partial charge is 0.0713 e. The highest BCUT2D eigenvalue weighted by Gasteiger charge is 2.45. The molecular formula is C73H48N2. The number of rotatable bonds is 8. The summed E-state index contributed by atoms with van der Waals surface area (Å²) in [5, 5.41) is 4.99. The molecule has 0 atom stereocenters. The molecule has 0 fully saturated rings. The van der Waals surface area contributed by atoms with Gasteiger partial charge in [-0.3, -0.25) is 0 Å². The van der Waals surface area contributed by atoms with E-state index in [0.29, 0.717) is 0 Å². The molecule has 0 N–H and O–H groups in total. The number of benzene rings is 12. The van der Waals surface area contributed by atoms with Crippen molar-refractivity contribution in [3.8, 4) is 67.0 Å². The van der Waals surface area contributed by atoms with E-state index in [1.54, 1.807) is 0 Å². The summed E-state index contributed by atoms with van der Waals surface area (Å²) in [4.78, 5) is 0. The van der Waals surface area contributed by atoms with Crippen molar-refractivity contribution in [3.05, 3.63) is 313 Å². The first-order valence-corrected chi connectivity index (χ1v) is 26.0. The second-order valence-corrected chi connectivity index (χ2v) is 20.0. The maximum atomic E-state index is 2.42. The molecule has 2 nitrogen and oxygen atoms in total. The molecule has 14 aromatic rings. The minimum absolute atomic E-state index is 0.426. The number of aromatic nitrogens is 2. The molecule has 0 aliphatic heterocycles. The Morgan fingerprint density at radius 2 is 0.587 bits per heavy atom. The van der Waals surface area contributed by atoms with E-state index in [1.165, 1.54) is 127 Å². The minimum atomic E-state index is -0.426. The monoisotopic (exact) mass is 952 g/mol. The molecule has 0 radical (unpaired) electrons.